The molecule has 88 valence electrons. The minimum Gasteiger partial charge on any atom is -0.348 e. The zero-order chi connectivity index (χ0) is 12.3. The van der Waals surface area contributed by atoms with E-state index in [0.29, 0.717) is 0 Å². The standard InChI is InChI=1S/C11H16ClN3O/c1-7(11(2,3)4)13-10(16)8-5-6-9(12)15-14-8/h5-7H,1-4H3,(H,13,16). The van der Waals surface area contributed by atoms with Gasteiger partial charge >= 0.3 is 0 Å². The Kier molecular flexibility index (Phi) is 3.86. The van der Waals surface area contributed by atoms with Crippen LogP contribution in [0.1, 0.15) is 38.2 Å². The maximum Gasteiger partial charge on any atom is 0.272 e. The van der Waals surface area contributed by atoms with Crippen LogP contribution in [0.15, 0.2) is 12.1 Å². The molecule has 0 saturated carbocycles. The van der Waals surface area contributed by atoms with Gasteiger partial charge in [0, 0.05) is 6.04 Å². The lowest BCUT2D eigenvalue weighted by atomic mass is 9.88. The molecule has 1 atom stereocenters. The Bertz CT molecular complexity index is 370. The minimum atomic E-state index is -0.230. The van der Waals surface area contributed by atoms with Crippen molar-refractivity contribution < 1.29 is 4.79 Å². The van der Waals surface area contributed by atoms with Crippen LogP contribution in [0.5, 0.6) is 0 Å². The van der Waals surface area contributed by atoms with E-state index in [1.807, 2.05) is 6.92 Å². The molecule has 16 heavy (non-hydrogen) atoms. The monoisotopic (exact) mass is 241 g/mol. The summed E-state index contributed by atoms with van der Waals surface area (Å²) in [7, 11) is 0. The zero-order valence-corrected chi connectivity index (χ0v) is 10.7. The highest BCUT2D eigenvalue weighted by Crippen LogP contribution is 2.18. The summed E-state index contributed by atoms with van der Waals surface area (Å²) in [5, 5.41) is 10.5. The van der Waals surface area contributed by atoms with Gasteiger partial charge < -0.3 is 5.32 Å². The molecular weight excluding hydrogens is 226 g/mol. The molecule has 1 rings (SSSR count). The molecule has 0 aliphatic rings. The first-order chi connectivity index (χ1) is 7.30. The summed E-state index contributed by atoms with van der Waals surface area (Å²) >= 11 is 5.59. The largest absolute Gasteiger partial charge is 0.348 e. The molecule has 1 heterocycles. The predicted octanol–water partition coefficient (Wildman–Crippen LogP) is 2.29. The van der Waals surface area contributed by atoms with Crippen LogP contribution < -0.4 is 5.32 Å². The summed E-state index contributed by atoms with van der Waals surface area (Å²) in [5.41, 5.74) is 0.288. The molecule has 1 amide bonds. The summed E-state index contributed by atoms with van der Waals surface area (Å²) in [5.74, 6) is -0.230. The number of amides is 1. The lowest BCUT2D eigenvalue weighted by molar-refractivity contribution is 0.0904. The molecule has 5 heteroatoms. The maximum absolute atomic E-state index is 11.8. The Labute approximate surface area is 100 Å². The average molecular weight is 242 g/mol. The number of rotatable bonds is 2. The molecule has 0 fully saturated rings. The quantitative estimate of drug-likeness (QED) is 0.865. The first-order valence-electron chi connectivity index (χ1n) is 5.11. The van der Waals surface area contributed by atoms with Gasteiger partial charge in [-0.1, -0.05) is 32.4 Å². The van der Waals surface area contributed by atoms with Crippen LogP contribution >= 0.6 is 11.6 Å². The first kappa shape index (κ1) is 12.9. The fraction of sp³-hybridized carbons (Fsp3) is 0.545. The van der Waals surface area contributed by atoms with Crippen molar-refractivity contribution in [3.63, 3.8) is 0 Å². The van der Waals surface area contributed by atoms with Crippen molar-refractivity contribution in [2.45, 2.75) is 33.7 Å². The van der Waals surface area contributed by atoms with Crippen molar-refractivity contribution in [1.29, 1.82) is 0 Å². The van der Waals surface area contributed by atoms with Crippen LogP contribution in [0.25, 0.3) is 0 Å². The highest BCUT2D eigenvalue weighted by molar-refractivity contribution is 6.29. The lowest BCUT2D eigenvalue weighted by Gasteiger charge is -2.27. The van der Waals surface area contributed by atoms with Crippen molar-refractivity contribution in [2.24, 2.45) is 5.41 Å². The molecule has 1 N–H and O–H groups in total. The number of hydrogen-bond donors (Lipinski definition) is 1. The van der Waals surface area contributed by atoms with E-state index >= 15 is 0 Å². The minimum absolute atomic E-state index is 0.00944. The number of nitrogens with one attached hydrogen (secondary N) is 1. The zero-order valence-electron chi connectivity index (χ0n) is 9.91. The smallest absolute Gasteiger partial charge is 0.272 e. The molecule has 4 nitrogen and oxygen atoms in total. The molecular formula is C11H16ClN3O. The number of aromatic nitrogens is 2. The number of nitrogens with zero attached hydrogens (tertiary/aromatic N) is 2. The van der Waals surface area contributed by atoms with Crippen LogP contribution in [0.4, 0.5) is 0 Å². The third-order valence-corrected chi connectivity index (χ3v) is 2.71. The molecule has 0 aromatic carbocycles. The van der Waals surface area contributed by atoms with E-state index in [4.69, 9.17) is 11.6 Å². The maximum atomic E-state index is 11.8. The van der Waals surface area contributed by atoms with Gasteiger partial charge in [-0.05, 0) is 24.5 Å². The van der Waals surface area contributed by atoms with E-state index in [-0.39, 0.29) is 28.2 Å². The van der Waals surface area contributed by atoms with E-state index in [1.165, 1.54) is 0 Å². The Morgan fingerprint density at radius 1 is 1.38 bits per heavy atom. The Hall–Kier alpha value is -1.16. The van der Waals surface area contributed by atoms with Crippen molar-refractivity contribution in [2.75, 3.05) is 0 Å². The summed E-state index contributed by atoms with van der Waals surface area (Å²) in [6.45, 7) is 8.14. The number of hydrogen-bond acceptors (Lipinski definition) is 3. The van der Waals surface area contributed by atoms with Crippen LogP contribution in [0, 0.1) is 5.41 Å². The van der Waals surface area contributed by atoms with Crippen molar-refractivity contribution in [1.82, 2.24) is 15.5 Å². The average Bonchev–Trinajstić information content (AvgIpc) is 2.17. The van der Waals surface area contributed by atoms with Crippen molar-refractivity contribution in [3.05, 3.63) is 23.0 Å². The van der Waals surface area contributed by atoms with Gasteiger partial charge in [0.1, 0.15) is 0 Å². The topological polar surface area (TPSA) is 54.9 Å². The van der Waals surface area contributed by atoms with Gasteiger partial charge in [-0.2, -0.15) is 0 Å². The van der Waals surface area contributed by atoms with E-state index < -0.39 is 0 Å². The lowest BCUT2D eigenvalue weighted by Crippen LogP contribution is -2.41. The third kappa shape index (κ3) is 3.45. The van der Waals surface area contributed by atoms with Crippen LogP contribution in [-0.4, -0.2) is 22.1 Å². The van der Waals surface area contributed by atoms with Gasteiger partial charge in [-0.25, -0.2) is 0 Å². The van der Waals surface area contributed by atoms with Crippen molar-refractivity contribution >= 4 is 17.5 Å². The first-order valence-corrected chi connectivity index (χ1v) is 5.48. The van der Waals surface area contributed by atoms with Gasteiger partial charge in [0.05, 0.1) is 0 Å². The molecule has 0 saturated heterocycles. The third-order valence-electron chi connectivity index (χ3n) is 2.51. The Morgan fingerprint density at radius 3 is 2.44 bits per heavy atom. The number of carbonyl (C=O) groups excluding carboxylic acids is 1. The summed E-state index contributed by atoms with van der Waals surface area (Å²) in [6, 6.07) is 3.16. The second kappa shape index (κ2) is 4.78. The Morgan fingerprint density at radius 2 is 2.00 bits per heavy atom. The second-order valence-corrected chi connectivity index (χ2v) is 5.19. The molecule has 1 aromatic heterocycles. The molecule has 0 aliphatic carbocycles. The van der Waals surface area contributed by atoms with E-state index in [1.54, 1.807) is 12.1 Å². The molecule has 0 bridgehead atoms. The van der Waals surface area contributed by atoms with Gasteiger partial charge in [-0.3, -0.25) is 4.79 Å². The Balaban J connectivity index is 2.70. The second-order valence-electron chi connectivity index (χ2n) is 4.80. The van der Waals surface area contributed by atoms with E-state index in [0.717, 1.165) is 0 Å². The number of halogens is 1. The van der Waals surface area contributed by atoms with Crippen molar-refractivity contribution in [3.8, 4) is 0 Å². The van der Waals surface area contributed by atoms with E-state index in [9.17, 15) is 4.79 Å². The van der Waals surface area contributed by atoms with Gasteiger partial charge in [0.2, 0.25) is 0 Å². The predicted molar refractivity (Wildman–Crippen MR) is 63.4 cm³/mol. The molecule has 0 radical (unpaired) electrons. The van der Waals surface area contributed by atoms with Crippen LogP contribution in [-0.2, 0) is 0 Å². The highest BCUT2D eigenvalue weighted by Gasteiger charge is 2.22. The molecule has 1 unspecified atom stereocenters. The van der Waals surface area contributed by atoms with Crippen LogP contribution in [0.2, 0.25) is 5.15 Å². The normalized spacial score (nSPS) is 13.3. The summed E-state index contributed by atoms with van der Waals surface area (Å²) in [4.78, 5) is 11.8. The highest BCUT2D eigenvalue weighted by atomic mass is 35.5. The fourth-order valence-corrected chi connectivity index (χ4v) is 1.02. The summed E-state index contributed by atoms with van der Waals surface area (Å²) < 4.78 is 0. The fourth-order valence-electron chi connectivity index (χ4n) is 0.924. The molecule has 0 spiro atoms. The molecule has 1 aromatic rings. The van der Waals surface area contributed by atoms with E-state index in [2.05, 4.69) is 36.3 Å². The summed E-state index contributed by atoms with van der Waals surface area (Å²) in [6.07, 6.45) is 0. The van der Waals surface area contributed by atoms with Crippen LogP contribution in [0.3, 0.4) is 0 Å². The van der Waals surface area contributed by atoms with Gasteiger partial charge in [0.15, 0.2) is 10.8 Å². The number of carbonyl (C=O) groups is 1. The SMILES string of the molecule is CC(NC(=O)c1ccc(Cl)nn1)C(C)(C)C. The van der Waals surface area contributed by atoms with Gasteiger partial charge in [0.25, 0.3) is 5.91 Å². The molecule has 0 aliphatic heterocycles. The van der Waals surface area contributed by atoms with Gasteiger partial charge in [-0.15, -0.1) is 10.2 Å².